The Morgan fingerprint density at radius 3 is 2.75 bits per heavy atom. The molecule has 2 saturated heterocycles. The average molecular weight is 331 g/mol. The fourth-order valence-electron chi connectivity index (χ4n) is 4.37. The number of rotatable bonds is 4. The van der Waals surface area contributed by atoms with E-state index in [4.69, 9.17) is 4.74 Å². The first-order valence-corrected chi connectivity index (χ1v) is 8.99. The minimum Gasteiger partial charge on any atom is -0.383 e. The third-order valence-electron chi connectivity index (χ3n) is 5.70. The molecule has 132 valence electrons. The maximum absolute atomic E-state index is 12.6. The van der Waals surface area contributed by atoms with Gasteiger partial charge in [0, 0.05) is 51.2 Å². The van der Waals surface area contributed by atoms with Gasteiger partial charge in [-0.15, -0.1) is 0 Å². The highest BCUT2D eigenvalue weighted by atomic mass is 16.5. The van der Waals surface area contributed by atoms with E-state index >= 15 is 0 Å². The summed E-state index contributed by atoms with van der Waals surface area (Å²) in [6.45, 7) is 8.16. The summed E-state index contributed by atoms with van der Waals surface area (Å²) in [5, 5.41) is 0. The first kappa shape index (κ1) is 17.4. The Morgan fingerprint density at radius 2 is 2.17 bits per heavy atom. The van der Waals surface area contributed by atoms with E-state index in [-0.39, 0.29) is 5.91 Å². The molecule has 1 atom stereocenters. The van der Waals surface area contributed by atoms with Crippen LogP contribution < -0.4 is 0 Å². The van der Waals surface area contributed by atoms with E-state index < -0.39 is 0 Å². The van der Waals surface area contributed by atoms with Crippen molar-refractivity contribution in [3.05, 3.63) is 30.1 Å². The molecule has 2 fully saturated rings. The highest BCUT2D eigenvalue weighted by molar-refractivity contribution is 5.93. The Labute approximate surface area is 145 Å². The summed E-state index contributed by atoms with van der Waals surface area (Å²) in [5.41, 5.74) is 1.04. The second kappa shape index (κ2) is 7.19. The Morgan fingerprint density at radius 1 is 1.42 bits per heavy atom. The SMILES string of the molecule is COC[C@H]1CC2(CCN(C(=O)c3cccnc3)CC2)CN1C(C)C. The first-order valence-electron chi connectivity index (χ1n) is 8.99. The van der Waals surface area contributed by atoms with Gasteiger partial charge in [-0.25, -0.2) is 0 Å². The molecule has 1 amide bonds. The molecule has 0 radical (unpaired) electrons. The summed E-state index contributed by atoms with van der Waals surface area (Å²) >= 11 is 0. The smallest absolute Gasteiger partial charge is 0.255 e. The van der Waals surface area contributed by atoms with Crippen molar-refractivity contribution < 1.29 is 9.53 Å². The number of likely N-dealkylation sites (tertiary alicyclic amines) is 2. The van der Waals surface area contributed by atoms with E-state index in [9.17, 15) is 4.79 Å². The van der Waals surface area contributed by atoms with Gasteiger partial charge in [-0.2, -0.15) is 0 Å². The molecule has 0 unspecified atom stereocenters. The Balaban J connectivity index is 1.63. The van der Waals surface area contributed by atoms with E-state index in [0.29, 0.717) is 23.1 Å². The van der Waals surface area contributed by atoms with Crippen molar-refractivity contribution in [2.45, 2.75) is 45.2 Å². The number of piperidine rings is 1. The van der Waals surface area contributed by atoms with Crippen LogP contribution in [0.5, 0.6) is 0 Å². The summed E-state index contributed by atoms with van der Waals surface area (Å²) in [6, 6.07) is 4.73. The van der Waals surface area contributed by atoms with Crippen LogP contribution in [0.3, 0.4) is 0 Å². The van der Waals surface area contributed by atoms with Gasteiger partial charge in [0.15, 0.2) is 0 Å². The molecule has 0 saturated carbocycles. The normalized spacial score (nSPS) is 24.0. The average Bonchev–Trinajstić information content (AvgIpc) is 2.94. The molecule has 0 bridgehead atoms. The van der Waals surface area contributed by atoms with Crippen LogP contribution >= 0.6 is 0 Å². The Bertz CT molecular complexity index is 553. The van der Waals surface area contributed by atoms with Crippen LogP contribution in [0.1, 0.15) is 43.5 Å². The van der Waals surface area contributed by atoms with Gasteiger partial charge in [-0.3, -0.25) is 14.7 Å². The number of ether oxygens (including phenoxy) is 1. The lowest BCUT2D eigenvalue weighted by Gasteiger charge is -2.39. The highest BCUT2D eigenvalue weighted by Crippen LogP contribution is 2.44. The molecule has 0 aliphatic carbocycles. The van der Waals surface area contributed by atoms with Crippen molar-refractivity contribution >= 4 is 5.91 Å². The molecule has 0 N–H and O–H groups in total. The summed E-state index contributed by atoms with van der Waals surface area (Å²) < 4.78 is 5.44. The molecule has 1 spiro atoms. The van der Waals surface area contributed by atoms with Crippen LogP contribution in [0.25, 0.3) is 0 Å². The number of nitrogens with zero attached hydrogens (tertiary/aromatic N) is 3. The van der Waals surface area contributed by atoms with Crippen LogP contribution in [-0.2, 0) is 4.74 Å². The predicted molar refractivity (Wildman–Crippen MR) is 93.9 cm³/mol. The fraction of sp³-hybridized carbons (Fsp3) is 0.684. The maximum Gasteiger partial charge on any atom is 0.255 e. The molecule has 3 rings (SSSR count). The van der Waals surface area contributed by atoms with Gasteiger partial charge in [0.2, 0.25) is 0 Å². The minimum absolute atomic E-state index is 0.116. The number of carbonyl (C=O) groups is 1. The number of aromatic nitrogens is 1. The van der Waals surface area contributed by atoms with Crippen molar-refractivity contribution in [1.29, 1.82) is 0 Å². The molecule has 3 heterocycles. The third-order valence-corrected chi connectivity index (χ3v) is 5.70. The lowest BCUT2D eigenvalue weighted by molar-refractivity contribution is 0.0581. The molecule has 1 aromatic rings. The van der Waals surface area contributed by atoms with Gasteiger partial charge in [0.1, 0.15) is 0 Å². The van der Waals surface area contributed by atoms with E-state index in [1.54, 1.807) is 19.5 Å². The van der Waals surface area contributed by atoms with Gasteiger partial charge in [0.05, 0.1) is 12.2 Å². The molecule has 2 aliphatic heterocycles. The zero-order chi connectivity index (χ0) is 17.2. The molecule has 2 aliphatic rings. The van der Waals surface area contributed by atoms with Gasteiger partial charge in [-0.1, -0.05) is 0 Å². The van der Waals surface area contributed by atoms with Crippen LogP contribution in [-0.4, -0.2) is 66.1 Å². The molecule has 0 aromatic carbocycles. The van der Waals surface area contributed by atoms with Crippen molar-refractivity contribution in [2.75, 3.05) is 33.4 Å². The van der Waals surface area contributed by atoms with Crippen LogP contribution in [0.4, 0.5) is 0 Å². The zero-order valence-corrected chi connectivity index (χ0v) is 15.1. The maximum atomic E-state index is 12.6. The number of hydrogen-bond donors (Lipinski definition) is 0. The standard InChI is InChI=1S/C19H29N3O2/c1-15(2)22-14-19(11-17(22)13-24-3)6-9-21(10-7-19)18(23)16-5-4-8-20-12-16/h4-5,8,12,15,17H,6-7,9-11,13-14H2,1-3H3/t17-/m1/s1. The largest absolute Gasteiger partial charge is 0.383 e. The summed E-state index contributed by atoms with van der Waals surface area (Å²) in [4.78, 5) is 21.2. The van der Waals surface area contributed by atoms with Gasteiger partial charge >= 0.3 is 0 Å². The molecule has 5 nitrogen and oxygen atoms in total. The van der Waals surface area contributed by atoms with Crippen LogP contribution in [0.15, 0.2) is 24.5 Å². The Kier molecular flexibility index (Phi) is 5.21. The van der Waals surface area contributed by atoms with Crippen LogP contribution in [0, 0.1) is 5.41 Å². The molecule has 5 heteroatoms. The van der Waals surface area contributed by atoms with E-state index in [1.165, 1.54) is 6.42 Å². The van der Waals surface area contributed by atoms with E-state index in [1.807, 2.05) is 17.0 Å². The molecular weight excluding hydrogens is 302 g/mol. The lowest BCUT2D eigenvalue weighted by Crippen LogP contribution is -2.44. The quantitative estimate of drug-likeness (QED) is 0.850. The monoisotopic (exact) mass is 331 g/mol. The number of amides is 1. The summed E-state index contributed by atoms with van der Waals surface area (Å²) in [6.07, 6.45) is 6.73. The van der Waals surface area contributed by atoms with Crippen LogP contribution in [0.2, 0.25) is 0 Å². The van der Waals surface area contributed by atoms with Crippen molar-refractivity contribution in [3.8, 4) is 0 Å². The second-order valence-corrected chi connectivity index (χ2v) is 7.61. The number of hydrogen-bond acceptors (Lipinski definition) is 4. The van der Waals surface area contributed by atoms with E-state index in [2.05, 4.69) is 23.7 Å². The third kappa shape index (κ3) is 3.47. The predicted octanol–water partition coefficient (Wildman–Crippen LogP) is 2.43. The molecule has 24 heavy (non-hydrogen) atoms. The molecule has 1 aromatic heterocycles. The fourth-order valence-corrected chi connectivity index (χ4v) is 4.37. The van der Waals surface area contributed by atoms with Crippen molar-refractivity contribution in [2.24, 2.45) is 5.41 Å². The molecular formula is C19H29N3O2. The zero-order valence-electron chi connectivity index (χ0n) is 15.1. The topological polar surface area (TPSA) is 45.7 Å². The minimum atomic E-state index is 0.116. The number of pyridine rings is 1. The second-order valence-electron chi connectivity index (χ2n) is 7.61. The Hall–Kier alpha value is -1.46. The van der Waals surface area contributed by atoms with Crippen molar-refractivity contribution in [3.63, 3.8) is 0 Å². The first-order chi connectivity index (χ1) is 11.5. The van der Waals surface area contributed by atoms with Crippen molar-refractivity contribution in [1.82, 2.24) is 14.8 Å². The van der Waals surface area contributed by atoms with Gasteiger partial charge in [-0.05, 0) is 50.7 Å². The van der Waals surface area contributed by atoms with Gasteiger partial charge in [0.25, 0.3) is 5.91 Å². The lowest BCUT2D eigenvalue weighted by atomic mass is 9.76. The number of methoxy groups -OCH3 is 1. The summed E-state index contributed by atoms with van der Waals surface area (Å²) in [5.74, 6) is 0.116. The number of carbonyl (C=O) groups excluding carboxylic acids is 1. The summed E-state index contributed by atoms with van der Waals surface area (Å²) in [7, 11) is 1.79. The highest BCUT2D eigenvalue weighted by Gasteiger charge is 2.46. The van der Waals surface area contributed by atoms with Gasteiger partial charge < -0.3 is 9.64 Å². The van der Waals surface area contributed by atoms with E-state index in [0.717, 1.165) is 39.1 Å².